The molecule has 0 aliphatic carbocycles. The highest BCUT2D eigenvalue weighted by Crippen LogP contribution is 2.13. The topological polar surface area (TPSA) is 142 Å². The number of esters is 1. The van der Waals surface area contributed by atoms with Crippen LogP contribution in [-0.2, 0) is 19.6 Å². The summed E-state index contributed by atoms with van der Waals surface area (Å²) in [6.07, 6.45) is 0. The quantitative estimate of drug-likeness (QED) is 0.536. The molecule has 8 nitrogen and oxygen atoms in total. The fourth-order valence-electron chi connectivity index (χ4n) is 1.81. The van der Waals surface area contributed by atoms with Crippen LogP contribution in [0.2, 0.25) is 0 Å². The second kappa shape index (κ2) is 7.11. The molecule has 0 aliphatic rings. The number of sulfonamides is 1. The van der Waals surface area contributed by atoms with Gasteiger partial charge in [-0.2, -0.15) is 0 Å². The van der Waals surface area contributed by atoms with Crippen molar-refractivity contribution in [2.75, 3.05) is 17.7 Å². The van der Waals surface area contributed by atoms with Gasteiger partial charge >= 0.3 is 5.97 Å². The normalized spacial score (nSPS) is 10.9. The second-order valence-corrected chi connectivity index (χ2v) is 6.38. The van der Waals surface area contributed by atoms with E-state index < -0.39 is 28.5 Å². The summed E-state index contributed by atoms with van der Waals surface area (Å²) in [5.41, 5.74) is 6.54. The number of carbonyl (C=O) groups is 2. The molecule has 5 N–H and O–H groups in total. The number of primary sulfonamides is 1. The molecule has 0 unspecified atom stereocenters. The molecule has 2 aromatic carbocycles. The summed E-state index contributed by atoms with van der Waals surface area (Å²) in [4.78, 5) is 23.4. The lowest BCUT2D eigenvalue weighted by atomic mass is 10.2. The van der Waals surface area contributed by atoms with Crippen LogP contribution in [0.25, 0.3) is 0 Å². The Morgan fingerprint density at radius 1 is 1.08 bits per heavy atom. The third kappa shape index (κ3) is 4.80. The van der Waals surface area contributed by atoms with E-state index >= 15 is 0 Å². The number of anilines is 2. The molecule has 0 atom stereocenters. The molecule has 0 saturated heterocycles. The Morgan fingerprint density at radius 2 is 1.75 bits per heavy atom. The Morgan fingerprint density at radius 3 is 2.33 bits per heavy atom. The van der Waals surface area contributed by atoms with Crippen LogP contribution < -0.4 is 16.2 Å². The van der Waals surface area contributed by atoms with Gasteiger partial charge in [0.05, 0.1) is 10.5 Å². The standard InChI is InChI=1S/C15H15N3O5S/c16-11-3-1-2-10(8-11)15(20)23-9-14(19)18-12-4-6-13(7-5-12)24(17,21)22/h1-8H,9,16H2,(H,18,19)(H2,17,21,22). The van der Waals surface area contributed by atoms with E-state index in [1.54, 1.807) is 12.1 Å². The van der Waals surface area contributed by atoms with E-state index in [1.165, 1.54) is 36.4 Å². The molecule has 0 radical (unpaired) electrons. The van der Waals surface area contributed by atoms with Gasteiger partial charge in [-0.25, -0.2) is 18.4 Å². The van der Waals surface area contributed by atoms with Crippen LogP contribution in [0.15, 0.2) is 53.4 Å². The second-order valence-electron chi connectivity index (χ2n) is 4.82. The number of benzene rings is 2. The van der Waals surface area contributed by atoms with Crippen LogP contribution in [0, 0.1) is 0 Å². The molecule has 0 saturated carbocycles. The highest BCUT2D eigenvalue weighted by Gasteiger charge is 2.11. The lowest BCUT2D eigenvalue weighted by Crippen LogP contribution is -2.21. The Labute approximate surface area is 138 Å². The Hall–Kier alpha value is -2.91. The van der Waals surface area contributed by atoms with E-state index in [1.807, 2.05) is 0 Å². The van der Waals surface area contributed by atoms with Crippen molar-refractivity contribution in [2.45, 2.75) is 4.90 Å². The number of nitrogens with two attached hydrogens (primary N) is 2. The molecule has 9 heteroatoms. The van der Waals surface area contributed by atoms with Crippen LogP contribution >= 0.6 is 0 Å². The van der Waals surface area contributed by atoms with E-state index in [0.717, 1.165) is 0 Å². The molecule has 0 fully saturated rings. The van der Waals surface area contributed by atoms with Gasteiger partial charge in [0.1, 0.15) is 0 Å². The van der Waals surface area contributed by atoms with Crippen LogP contribution in [0.3, 0.4) is 0 Å². The van der Waals surface area contributed by atoms with Crippen LogP contribution in [-0.4, -0.2) is 26.9 Å². The molecule has 0 aliphatic heterocycles. The number of hydrogen-bond acceptors (Lipinski definition) is 6. The predicted molar refractivity (Wildman–Crippen MR) is 87.6 cm³/mol. The van der Waals surface area contributed by atoms with Crippen LogP contribution in [0.5, 0.6) is 0 Å². The largest absolute Gasteiger partial charge is 0.452 e. The van der Waals surface area contributed by atoms with Crippen molar-refractivity contribution in [1.29, 1.82) is 0 Å². The highest BCUT2D eigenvalue weighted by molar-refractivity contribution is 7.89. The van der Waals surface area contributed by atoms with Crippen LogP contribution in [0.1, 0.15) is 10.4 Å². The maximum Gasteiger partial charge on any atom is 0.338 e. The molecule has 2 aromatic rings. The lowest BCUT2D eigenvalue weighted by Gasteiger charge is -2.07. The van der Waals surface area contributed by atoms with Crippen LogP contribution in [0.4, 0.5) is 11.4 Å². The molecular weight excluding hydrogens is 334 g/mol. The number of nitrogens with one attached hydrogen (secondary N) is 1. The molecule has 1 amide bonds. The van der Waals surface area contributed by atoms with Gasteiger partial charge in [-0.15, -0.1) is 0 Å². The van der Waals surface area contributed by atoms with E-state index in [4.69, 9.17) is 15.6 Å². The zero-order valence-corrected chi connectivity index (χ0v) is 13.2. The molecule has 2 rings (SSSR count). The molecule has 126 valence electrons. The SMILES string of the molecule is Nc1cccc(C(=O)OCC(=O)Nc2ccc(S(N)(=O)=O)cc2)c1. The average molecular weight is 349 g/mol. The zero-order valence-electron chi connectivity index (χ0n) is 12.4. The number of rotatable bonds is 5. The minimum absolute atomic E-state index is 0.0754. The van der Waals surface area contributed by atoms with Gasteiger partial charge in [-0.05, 0) is 42.5 Å². The van der Waals surface area contributed by atoms with Crippen molar-refractivity contribution >= 4 is 33.3 Å². The van der Waals surface area contributed by atoms with Gasteiger partial charge in [0.25, 0.3) is 5.91 Å². The minimum Gasteiger partial charge on any atom is -0.452 e. The summed E-state index contributed by atoms with van der Waals surface area (Å²) in [5, 5.41) is 7.44. The van der Waals surface area contributed by atoms with Crippen molar-refractivity contribution in [2.24, 2.45) is 5.14 Å². The van der Waals surface area contributed by atoms with Crippen molar-refractivity contribution in [1.82, 2.24) is 0 Å². The van der Waals surface area contributed by atoms with E-state index in [2.05, 4.69) is 5.32 Å². The van der Waals surface area contributed by atoms with E-state index in [9.17, 15) is 18.0 Å². The Balaban J connectivity index is 1.90. The van der Waals surface area contributed by atoms with Gasteiger partial charge in [-0.1, -0.05) is 6.07 Å². The third-order valence-corrected chi connectivity index (χ3v) is 3.85. The van der Waals surface area contributed by atoms with Crippen molar-refractivity contribution < 1.29 is 22.7 Å². The van der Waals surface area contributed by atoms with Gasteiger partial charge in [0.15, 0.2) is 6.61 Å². The van der Waals surface area contributed by atoms with Crippen molar-refractivity contribution in [3.8, 4) is 0 Å². The van der Waals surface area contributed by atoms with E-state index in [-0.39, 0.29) is 10.5 Å². The lowest BCUT2D eigenvalue weighted by molar-refractivity contribution is -0.119. The first-order chi connectivity index (χ1) is 11.3. The summed E-state index contributed by atoms with van der Waals surface area (Å²) in [6.45, 7) is -0.495. The minimum atomic E-state index is -3.80. The summed E-state index contributed by atoms with van der Waals surface area (Å²) in [6, 6.07) is 11.4. The van der Waals surface area contributed by atoms with Crippen molar-refractivity contribution in [3.05, 3.63) is 54.1 Å². The Bertz CT molecular complexity index is 863. The molecule has 0 bridgehead atoms. The summed E-state index contributed by atoms with van der Waals surface area (Å²) < 4.78 is 27.1. The zero-order chi connectivity index (χ0) is 17.7. The molecular formula is C15H15N3O5S. The fourth-order valence-corrected chi connectivity index (χ4v) is 2.32. The van der Waals surface area contributed by atoms with Gasteiger partial charge in [0, 0.05) is 11.4 Å². The van der Waals surface area contributed by atoms with Crippen molar-refractivity contribution in [3.63, 3.8) is 0 Å². The summed E-state index contributed by atoms with van der Waals surface area (Å²) >= 11 is 0. The first-order valence-corrected chi connectivity index (χ1v) is 8.26. The molecule has 0 aromatic heterocycles. The number of ether oxygens (including phenoxy) is 1. The summed E-state index contributed by atoms with van der Waals surface area (Å²) in [5.74, 6) is -1.25. The molecule has 24 heavy (non-hydrogen) atoms. The first-order valence-electron chi connectivity index (χ1n) is 6.71. The van der Waals surface area contributed by atoms with Gasteiger partial charge < -0.3 is 15.8 Å². The maximum absolute atomic E-state index is 11.8. The fraction of sp³-hybridized carbons (Fsp3) is 0.0667. The average Bonchev–Trinajstić information content (AvgIpc) is 2.52. The Kier molecular flexibility index (Phi) is 5.17. The highest BCUT2D eigenvalue weighted by atomic mass is 32.2. The predicted octanol–water partition coefficient (Wildman–Crippen LogP) is 0.712. The third-order valence-electron chi connectivity index (χ3n) is 2.92. The van der Waals surface area contributed by atoms with E-state index in [0.29, 0.717) is 11.4 Å². The smallest absolute Gasteiger partial charge is 0.338 e. The monoisotopic (exact) mass is 349 g/mol. The number of nitrogen functional groups attached to an aromatic ring is 1. The number of amides is 1. The molecule has 0 spiro atoms. The number of hydrogen-bond donors (Lipinski definition) is 3. The van der Waals surface area contributed by atoms with Gasteiger partial charge in [0.2, 0.25) is 10.0 Å². The number of carbonyl (C=O) groups excluding carboxylic acids is 2. The summed E-state index contributed by atoms with van der Waals surface area (Å²) in [7, 11) is -3.80. The van der Waals surface area contributed by atoms with Gasteiger partial charge in [-0.3, -0.25) is 4.79 Å². The maximum atomic E-state index is 11.8. The molecule has 0 heterocycles. The first kappa shape index (κ1) is 17.4.